The fraction of sp³-hybridized carbons (Fsp3) is 0.241. The molecule has 0 atom stereocenters. The van der Waals surface area contributed by atoms with Crippen molar-refractivity contribution in [1.82, 2.24) is 19.9 Å². The third-order valence-corrected chi connectivity index (χ3v) is 5.94. The lowest BCUT2D eigenvalue weighted by molar-refractivity contribution is 0.0686. The van der Waals surface area contributed by atoms with E-state index in [1.165, 1.54) is 13.2 Å². The van der Waals surface area contributed by atoms with Gasteiger partial charge in [0, 0.05) is 31.7 Å². The molecular formula is C29H33N5O5. The first-order chi connectivity index (χ1) is 18.4. The topological polar surface area (TPSA) is 142 Å². The van der Waals surface area contributed by atoms with Crippen LogP contribution in [0, 0.1) is 0 Å². The molecule has 4 N–H and O–H groups in total. The number of carbonyl (C=O) groups is 2. The van der Waals surface area contributed by atoms with Crippen molar-refractivity contribution >= 4 is 34.5 Å². The zero-order valence-corrected chi connectivity index (χ0v) is 22.9. The van der Waals surface area contributed by atoms with Crippen molar-refractivity contribution in [1.29, 1.82) is 0 Å². The van der Waals surface area contributed by atoms with Crippen LogP contribution in [0.5, 0.6) is 17.4 Å². The number of rotatable bonds is 6. The molecule has 0 aliphatic carbocycles. The summed E-state index contributed by atoms with van der Waals surface area (Å²) in [4.78, 5) is 31.2. The highest BCUT2D eigenvalue weighted by Crippen LogP contribution is 2.33. The third kappa shape index (κ3) is 6.35. The molecule has 0 spiro atoms. The van der Waals surface area contributed by atoms with Crippen molar-refractivity contribution in [2.75, 3.05) is 19.9 Å². The van der Waals surface area contributed by atoms with E-state index in [2.05, 4.69) is 42.6 Å². The van der Waals surface area contributed by atoms with Crippen LogP contribution in [0.3, 0.4) is 0 Å². The minimum atomic E-state index is -0.986. The first-order valence-electron chi connectivity index (χ1n) is 12.1. The molecule has 0 unspecified atom stereocenters. The van der Waals surface area contributed by atoms with E-state index in [1.807, 2.05) is 18.2 Å². The zero-order valence-electron chi connectivity index (χ0n) is 22.9. The number of nitrogens with zero attached hydrogens (tertiary/aromatic N) is 3. The molecule has 0 saturated carbocycles. The maximum Gasteiger partial charge on any atom is 0.352 e. The highest BCUT2D eigenvalue weighted by atomic mass is 16.5. The summed E-state index contributed by atoms with van der Waals surface area (Å²) in [5.41, 5.74) is 8.70. The third-order valence-electron chi connectivity index (χ3n) is 5.94. The average molecular weight is 532 g/mol. The molecule has 0 saturated heterocycles. The first kappa shape index (κ1) is 28.7. The smallest absolute Gasteiger partial charge is 0.352 e. The Kier molecular flexibility index (Phi) is 8.60. The molecule has 4 aromatic rings. The molecule has 1 amide bonds. The Labute approximate surface area is 227 Å². The summed E-state index contributed by atoms with van der Waals surface area (Å²) >= 11 is 0. The van der Waals surface area contributed by atoms with E-state index in [0.717, 1.165) is 10.9 Å². The van der Waals surface area contributed by atoms with E-state index in [4.69, 9.17) is 15.2 Å². The van der Waals surface area contributed by atoms with Gasteiger partial charge in [-0.25, -0.2) is 9.78 Å². The van der Waals surface area contributed by atoms with E-state index in [0.29, 0.717) is 40.0 Å². The summed E-state index contributed by atoms with van der Waals surface area (Å²) in [7, 11) is 4.78. The molecule has 0 aliphatic heterocycles. The monoisotopic (exact) mass is 531 g/mol. The normalized spacial score (nSPS) is 10.8. The lowest BCUT2D eigenvalue weighted by atomic mass is 9.85. The maximum atomic E-state index is 11.8. The van der Waals surface area contributed by atoms with Crippen LogP contribution >= 0.6 is 0 Å². The van der Waals surface area contributed by atoms with Crippen molar-refractivity contribution in [3.8, 4) is 17.4 Å². The molecule has 39 heavy (non-hydrogen) atoms. The number of carboxylic acid groups (broad SMARTS) is 1. The van der Waals surface area contributed by atoms with Gasteiger partial charge in [-0.1, -0.05) is 39.5 Å². The SMILES string of the molecule is C=Cc1nccc(Oc2cccc3cc(C(=O)O)n(C)c23)n1.CNC(=O)c1cc(C(C)(C)C)cc(N)c1OC. The molecular weight excluding hydrogens is 498 g/mol. The average Bonchev–Trinajstić information content (AvgIpc) is 3.25. The molecule has 0 radical (unpaired) electrons. The number of methoxy groups -OCH3 is 1. The summed E-state index contributed by atoms with van der Waals surface area (Å²) in [5, 5.41) is 12.6. The number of carboxylic acids is 1. The summed E-state index contributed by atoms with van der Waals surface area (Å²) < 4.78 is 12.6. The van der Waals surface area contributed by atoms with Crippen LogP contribution in [0.2, 0.25) is 0 Å². The van der Waals surface area contributed by atoms with Gasteiger partial charge in [0.05, 0.1) is 23.9 Å². The van der Waals surface area contributed by atoms with E-state index >= 15 is 0 Å². The van der Waals surface area contributed by atoms with E-state index in [9.17, 15) is 14.7 Å². The van der Waals surface area contributed by atoms with Crippen LogP contribution in [0.1, 0.15) is 53.0 Å². The fourth-order valence-corrected chi connectivity index (χ4v) is 3.91. The van der Waals surface area contributed by atoms with Crippen molar-refractivity contribution in [3.63, 3.8) is 0 Å². The van der Waals surface area contributed by atoms with Gasteiger partial charge in [0.15, 0.2) is 17.3 Å². The van der Waals surface area contributed by atoms with Crippen molar-refractivity contribution < 1.29 is 24.2 Å². The highest BCUT2D eigenvalue weighted by molar-refractivity contribution is 5.99. The van der Waals surface area contributed by atoms with Crippen LogP contribution in [0.4, 0.5) is 5.69 Å². The van der Waals surface area contributed by atoms with E-state index in [-0.39, 0.29) is 17.0 Å². The van der Waals surface area contributed by atoms with Crippen LogP contribution < -0.4 is 20.5 Å². The fourth-order valence-electron chi connectivity index (χ4n) is 3.91. The van der Waals surface area contributed by atoms with Gasteiger partial charge in [-0.3, -0.25) is 4.79 Å². The minimum Gasteiger partial charge on any atom is -0.494 e. The number of benzene rings is 2. The Morgan fingerprint density at radius 2 is 1.90 bits per heavy atom. The van der Waals surface area contributed by atoms with Crippen molar-refractivity contribution in [3.05, 3.63) is 77.9 Å². The molecule has 10 nitrogen and oxygen atoms in total. The Bertz CT molecular complexity index is 1540. The van der Waals surface area contributed by atoms with Gasteiger partial charge in [0.25, 0.3) is 5.91 Å². The number of hydrogen-bond donors (Lipinski definition) is 3. The van der Waals surface area contributed by atoms with Gasteiger partial charge < -0.3 is 30.2 Å². The number of nitrogen functional groups attached to an aromatic ring is 1. The number of para-hydroxylation sites is 1. The first-order valence-corrected chi connectivity index (χ1v) is 12.1. The largest absolute Gasteiger partial charge is 0.494 e. The second-order valence-electron chi connectivity index (χ2n) is 9.62. The molecule has 2 aromatic heterocycles. The number of nitrogens with one attached hydrogen (secondary N) is 1. The van der Waals surface area contributed by atoms with Crippen LogP contribution in [0.25, 0.3) is 17.0 Å². The van der Waals surface area contributed by atoms with E-state index < -0.39 is 5.97 Å². The molecule has 0 bridgehead atoms. The molecule has 0 fully saturated rings. The molecule has 2 aromatic carbocycles. The van der Waals surface area contributed by atoms with Gasteiger partial charge in [-0.05, 0) is 41.3 Å². The zero-order chi connectivity index (χ0) is 28.9. The lowest BCUT2D eigenvalue weighted by Gasteiger charge is -2.22. The Balaban J connectivity index is 0.000000224. The van der Waals surface area contributed by atoms with Crippen LogP contribution in [-0.4, -0.2) is 45.7 Å². The van der Waals surface area contributed by atoms with Gasteiger partial charge in [-0.2, -0.15) is 4.98 Å². The number of anilines is 1. The van der Waals surface area contributed by atoms with Crippen LogP contribution in [0.15, 0.2) is 55.2 Å². The number of aromatic carboxylic acids is 1. The number of aromatic nitrogens is 3. The van der Waals surface area contributed by atoms with Gasteiger partial charge in [0.2, 0.25) is 5.88 Å². The number of carbonyl (C=O) groups excluding carboxylic acids is 1. The minimum absolute atomic E-state index is 0.0663. The number of aryl methyl sites for hydroxylation is 1. The maximum absolute atomic E-state index is 11.8. The summed E-state index contributed by atoms with van der Waals surface area (Å²) in [6.07, 6.45) is 3.10. The number of hydrogen-bond acceptors (Lipinski definition) is 7. The summed E-state index contributed by atoms with van der Waals surface area (Å²) in [5.74, 6) is 0.608. The predicted octanol–water partition coefficient (Wildman–Crippen LogP) is 5.04. The number of amides is 1. The van der Waals surface area contributed by atoms with Gasteiger partial charge >= 0.3 is 5.97 Å². The van der Waals surface area contributed by atoms with Crippen molar-refractivity contribution in [2.24, 2.45) is 7.05 Å². The second-order valence-corrected chi connectivity index (χ2v) is 9.62. The molecule has 4 rings (SSSR count). The Morgan fingerprint density at radius 1 is 1.18 bits per heavy atom. The second kappa shape index (κ2) is 11.7. The Hall–Kier alpha value is -4.86. The van der Waals surface area contributed by atoms with Gasteiger partial charge in [0.1, 0.15) is 5.69 Å². The lowest BCUT2D eigenvalue weighted by Crippen LogP contribution is -2.21. The summed E-state index contributed by atoms with van der Waals surface area (Å²) in [6, 6.07) is 12.3. The molecule has 204 valence electrons. The number of nitrogens with two attached hydrogens (primary N) is 1. The standard InChI is InChI=1S/C16H13N3O3.C13H20N2O2/c1-3-13-17-8-7-14(18-13)22-12-6-4-5-10-9-11(16(20)21)19(2)15(10)12;1-13(2,3)8-6-9(12(16)15-4)11(17-5)10(14)7-8/h3-9H,1H2,2H3,(H,20,21);6-7H,14H2,1-5H3,(H,15,16). The van der Waals surface area contributed by atoms with E-state index in [1.54, 1.807) is 49.1 Å². The molecule has 10 heteroatoms. The molecule has 2 heterocycles. The van der Waals surface area contributed by atoms with Crippen molar-refractivity contribution in [2.45, 2.75) is 26.2 Å². The number of ether oxygens (including phenoxy) is 2. The van der Waals surface area contributed by atoms with Gasteiger partial charge in [-0.15, -0.1) is 0 Å². The van der Waals surface area contributed by atoms with Crippen LogP contribution in [-0.2, 0) is 12.5 Å². The predicted molar refractivity (Wildman–Crippen MR) is 152 cm³/mol. The number of fused-ring (bicyclic) bond motifs is 1. The molecule has 0 aliphatic rings. The highest BCUT2D eigenvalue weighted by Gasteiger charge is 2.21. The Morgan fingerprint density at radius 3 is 2.49 bits per heavy atom. The summed E-state index contributed by atoms with van der Waals surface area (Å²) in [6.45, 7) is 9.83. The quantitative estimate of drug-likeness (QED) is 0.294.